The molecule has 0 aliphatic heterocycles. The SMILES string of the molecule is CN(C)Cc1cncc(-c2ccc3c(c2)c(C(N)=O)nn3C2CCCCC2)c1. The van der Waals surface area contributed by atoms with Crippen LogP contribution in [0.25, 0.3) is 22.0 Å². The summed E-state index contributed by atoms with van der Waals surface area (Å²) in [5.74, 6) is -0.476. The van der Waals surface area contributed by atoms with E-state index in [1.54, 1.807) is 0 Å². The lowest BCUT2D eigenvalue weighted by atomic mass is 9.95. The van der Waals surface area contributed by atoms with Crippen LogP contribution in [0.4, 0.5) is 0 Å². The molecule has 1 fully saturated rings. The van der Waals surface area contributed by atoms with Crippen LogP contribution < -0.4 is 5.73 Å². The molecule has 1 aromatic carbocycles. The third-order valence-electron chi connectivity index (χ3n) is 5.49. The van der Waals surface area contributed by atoms with Gasteiger partial charge in [0.2, 0.25) is 0 Å². The van der Waals surface area contributed by atoms with Crippen molar-refractivity contribution in [2.75, 3.05) is 14.1 Å². The van der Waals surface area contributed by atoms with E-state index < -0.39 is 5.91 Å². The minimum absolute atomic E-state index is 0.347. The molecule has 4 rings (SSSR count). The lowest BCUT2D eigenvalue weighted by Gasteiger charge is -2.22. The van der Waals surface area contributed by atoms with Gasteiger partial charge in [-0.3, -0.25) is 14.5 Å². The first-order valence-electron chi connectivity index (χ1n) is 9.94. The molecule has 0 saturated heterocycles. The molecule has 0 radical (unpaired) electrons. The smallest absolute Gasteiger partial charge is 0.269 e. The third-order valence-corrected chi connectivity index (χ3v) is 5.49. The highest BCUT2D eigenvalue weighted by molar-refractivity contribution is 6.05. The molecule has 0 bridgehead atoms. The Morgan fingerprint density at radius 2 is 1.93 bits per heavy atom. The first-order chi connectivity index (χ1) is 13.5. The molecule has 0 unspecified atom stereocenters. The number of fused-ring (bicyclic) bond motifs is 1. The molecule has 0 atom stereocenters. The number of carbonyl (C=O) groups is 1. The second-order valence-corrected chi connectivity index (χ2v) is 8.00. The summed E-state index contributed by atoms with van der Waals surface area (Å²) < 4.78 is 2.03. The van der Waals surface area contributed by atoms with E-state index in [9.17, 15) is 4.79 Å². The van der Waals surface area contributed by atoms with Gasteiger partial charge in [0, 0.05) is 29.9 Å². The lowest BCUT2D eigenvalue weighted by molar-refractivity contribution is 0.0995. The van der Waals surface area contributed by atoms with Crippen molar-refractivity contribution in [2.45, 2.75) is 44.7 Å². The minimum Gasteiger partial charge on any atom is -0.364 e. The standard InChI is InChI=1S/C22H27N5O/c1-26(2)14-15-10-17(13-24-12-15)16-8-9-20-19(11-16)21(22(23)28)25-27(20)18-6-4-3-5-7-18/h8-13,18H,3-7,14H2,1-2H3,(H2,23,28). The summed E-state index contributed by atoms with van der Waals surface area (Å²) in [5.41, 5.74) is 10.2. The van der Waals surface area contributed by atoms with Crippen molar-refractivity contribution in [1.29, 1.82) is 0 Å². The predicted octanol–water partition coefficient (Wildman–Crippen LogP) is 3.76. The van der Waals surface area contributed by atoms with Crippen LogP contribution in [-0.2, 0) is 6.54 Å². The Balaban J connectivity index is 1.78. The van der Waals surface area contributed by atoms with E-state index in [0.29, 0.717) is 11.7 Å². The van der Waals surface area contributed by atoms with Crippen molar-refractivity contribution in [3.63, 3.8) is 0 Å². The zero-order valence-corrected chi connectivity index (χ0v) is 16.6. The van der Waals surface area contributed by atoms with Crippen LogP contribution >= 0.6 is 0 Å². The first-order valence-corrected chi connectivity index (χ1v) is 9.94. The van der Waals surface area contributed by atoms with Gasteiger partial charge < -0.3 is 10.6 Å². The highest BCUT2D eigenvalue weighted by Gasteiger charge is 2.22. The molecule has 1 aliphatic carbocycles. The quantitative estimate of drug-likeness (QED) is 0.734. The van der Waals surface area contributed by atoms with Gasteiger partial charge in [0.1, 0.15) is 0 Å². The Hall–Kier alpha value is -2.73. The molecular weight excluding hydrogens is 350 g/mol. The molecule has 6 nitrogen and oxygen atoms in total. The summed E-state index contributed by atoms with van der Waals surface area (Å²) in [7, 11) is 4.08. The number of aromatic nitrogens is 3. The van der Waals surface area contributed by atoms with Gasteiger partial charge in [-0.2, -0.15) is 5.10 Å². The monoisotopic (exact) mass is 377 g/mol. The van der Waals surface area contributed by atoms with Crippen LogP contribution in [0.3, 0.4) is 0 Å². The number of nitrogens with two attached hydrogens (primary N) is 1. The molecule has 1 amide bonds. The Kier molecular flexibility index (Phi) is 5.13. The molecule has 146 valence electrons. The summed E-state index contributed by atoms with van der Waals surface area (Å²) >= 11 is 0. The number of carbonyl (C=O) groups excluding carboxylic acids is 1. The Labute approximate surface area is 165 Å². The second-order valence-electron chi connectivity index (χ2n) is 8.00. The number of rotatable bonds is 5. The zero-order chi connectivity index (χ0) is 19.7. The van der Waals surface area contributed by atoms with E-state index >= 15 is 0 Å². The van der Waals surface area contributed by atoms with E-state index in [0.717, 1.165) is 47.0 Å². The van der Waals surface area contributed by atoms with Crippen molar-refractivity contribution >= 4 is 16.8 Å². The number of pyridine rings is 1. The fraction of sp³-hybridized carbons (Fsp3) is 0.409. The van der Waals surface area contributed by atoms with Crippen LogP contribution in [0.15, 0.2) is 36.7 Å². The Morgan fingerprint density at radius 1 is 1.14 bits per heavy atom. The fourth-order valence-electron chi connectivity index (χ4n) is 4.20. The summed E-state index contributed by atoms with van der Waals surface area (Å²) in [5, 5.41) is 5.45. The molecule has 0 spiro atoms. The third kappa shape index (κ3) is 3.64. The van der Waals surface area contributed by atoms with Crippen LogP contribution in [0, 0.1) is 0 Å². The maximum Gasteiger partial charge on any atom is 0.269 e. The van der Waals surface area contributed by atoms with Gasteiger partial charge in [-0.25, -0.2) is 0 Å². The number of nitrogens with zero attached hydrogens (tertiary/aromatic N) is 4. The Morgan fingerprint density at radius 3 is 2.64 bits per heavy atom. The van der Waals surface area contributed by atoms with E-state index in [1.807, 2.05) is 37.2 Å². The van der Waals surface area contributed by atoms with Crippen molar-refractivity contribution in [2.24, 2.45) is 5.73 Å². The van der Waals surface area contributed by atoms with Crippen LogP contribution in [0.2, 0.25) is 0 Å². The van der Waals surface area contributed by atoms with Crippen molar-refractivity contribution < 1.29 is 4.79 Å². The molecule has 2 N–H and O–H groups in total. The highest BCUT2D eigenvalue weighted by Crippen LogP contribution is 2.33. The fourth-order valence-corrected chi connectivity index (χ4v) is 4.20. The molecule has 2 heterocycles. The lowest BCUT2D eigenvalue weighted by Crippen LogP contribution is -2.16. The number of hydrogen-bond donors (Lipinski definition) is 1. The largest absolute Gasteiger partial charge is 0.364 e. The van der Waals surface area contributed by atoms with E-state index in [4.69, 9.17) is 5.73 Å². The van der Waals surface area contributed by atoms with E-state index in [-0.39, 0.29) is 0 Å². The second kappa shape index (κ2) is 7.72. The summed E-state index contributed by atoms with van der Waals surface area (Å²) in [6.45, 7) is 0.829. The number of primary amides is 1. The normalized spacial score (nSPS) is 15.4. The number of benzene rings is 1. The number of amides is 1. The topological polar surface area (TPSA) is 77.0 Å². The van der Waals surface area contributed by atoms with Gasteiger partial charge in [0.25, 0.3) is 5.91 Å². The Bertz CT molecular complexity index is 1000. The van der Waals surface area contributed by atoms with Gasteiger partial charge in [0.15, 0.2) is 5.69 Å². The van der Waals surface area contributed by atoms with E-state index in [2.05, 4.69) is 33.2 Å². The average molecular weight is 377 g/mol. The van der Waals surface area contributed by atoms with Crippen LogP contribution in [0.5, 0.6) is 0 Å². The number of hydrogen-bond acceptors (Lipinski definition) is 4. The molecule has 1 aliphatic rings. The molecule has 28 heavy (non-hydrogen) atoms. The maximum absolute atomic E-state index is 12.1. The molecular formula is C22H27N5O. The van der Waals surface area contributed by atoms with Crippen LogP contribution in [0.1, 0.15) is 54.2 Å². The van der Waals surface area contributed by atoms with Gasteiger partial charge in [-0.05, 0) is 56.3 Å². The first kappa shape index (κ1) is 18.6. The zero-order valence-electron chi connectivity index (χ0n) is 16.6. The van der Waals surface area contributed by atoms with Crippen molar-refractivity contribution in [3.05, 3.63) is 47.9 Å². The minimum atomic E-state index is -0.476. The van der Waals surface area contributed by atoms with Gasteiger partial charge in [-0.1, -0.05) is 25.3 Å². The predicted molar refractivity (Wildman–Crippen MR) is 111 cm³/mol. The summed E-state index contributed by atoms with van der Waals surface area (Å²) in [4.78, 5) is 18.6. The molecule has 3 aromatic rings. The highest BCUT2D eigenvalue weighted by atomic mass is 16.1. The van der Waals surface area contributed by atoms with Gasteiger partial charge in [0.05, 0.1) is 11.6 Å². The molecule has 6 heteroatoms. The summed E-state index contributed by atoms with van der Waals surface area (Å²) in [6, 6.07) is 8.67. The van der Waals surface area contributed by atoms with Crippen molar-refractivity contribution in [1.82, 2.24) is 19.7 Å². The van der Waals surface area contributed by atoms with Gasteiger partial charge in [-0.15, -0.1) is 0 Å². The maximum atomic E-state index is 12.1. The van der Waals surface area contributed by atoms with E-state index in [1.165, 1.54) is 19.3 Å². The molecule has 2 aromatic heterocycles. The average Bonchev–Trinajstić information content (AvgIpc) is 3.07. The molecule has 1 saturated carbocycles. The van der Waals surface area contributed by atoms with Gasteiger partial charge >= 0.3 is 0 Å². The summed E-state index contributed by atoms with van der Waals surface area (Å²) in [6.07, 6.45) is 9.65. The van der Waals surface area contributed by atoms with Crippen molar-refractivity contribution in [3.8, 4) is 11.1 Å². The van der Waals surface area contributed by atoms with Crippen LogP contribution in [-0.4, -0.2) is 39.7 Å².